The summed E-state index contributed by atoms with van der Waals surface area (Å²) in [4.78, 5) is 13.9. The molecular formula is C12H23N3O. The number of hydrogen-bond donors (Lipinski definition) is 1. The van der Waals surface area contributed by atoms with E-state index in [9.17, 15) is 4.79 Å². The minimum atomic E-state index is -0.133. The molecule has 2 N–H and O–H groups in total. The van der Waals surface area contributed by atoms with Crippen LogP contribution in [-0.2, 0) is 4.79 Å². The molecule has 0 rings (SSSR count). The molecule has 0 aliphatic heterocycles. The molecule has 0 heterocycles. The Morgan fingerprint density at radius 2 is 2.00 bits per heavy atom. The van der Waals surface area contributed by atoms with Gasteiger partial charge >= 0.3 is 0 Å². The summed E-state index contributed by atoms with van der Waals surface area (Å²) in [6.45, 7) is 9.24. The van der Waals surface area contributed by atoms with Gasteiger partial charge in [0.2, 0.25) is 5.91 Å². The van der Waals surface area contributed by atoms with Crippen LogP contribution in [0.1, 0.15) is 27.7 Å². The zero-order chi connectivity index (χ0) is 12.7. The predicted octanol–water partition coefficient (Wildman–Crippen LogP) is 1.23. The van der Waals surface area contributed by atoms with Crippen molar-refractivity contribution in [2.75, 3.05) is 19.6 Å². The van der Waals surface area contributed by atoms with Crippen molar-refractivity contribution in [3.63, 3.8) is 0 Å². The molecule has 0 fully saturated rings. The van der Waals surface area contributed by atoms with Crippen molar-refractivity contribution in [2.24, 2.45) is 23.5 Å². The van der Waals surface area contributed by atoms with Gasteiger partial charge in [-0.15, -0.1) is 0 Å². The van der Waals surface area contributed by atoms with E-state index in [4.69, 9.17) is 11.0 Å². The van der Waals surface area contributed by atoms with Crippen molar-refractivity contribution >= 4 is 5.91 Å². The summed E-state index contributed by atoms with van der Waals surface area (Å²) in [5, 5.41) is 8.75. The third-order valence-electron chi connectivity index (χ3n) is 2.78. The first kappa shape index (κ1) is 14.9. The Bertz CT molecular complexity index is 257. The Labute approximate surface area is 98.4 Å². The van der Waals surface area contributed by atoms with Gasteiger partial charge in [-0.2, -0.15) is 5.26 Å². The van der Waals surface area contributed by atoms with E-state index in [1.807, 2.05) is 27.7 Å². The van der Waals surface area contributed by atoms with Gasteiger partial charge in [0.25, 0.3) is 0 Å². The lowest BCUT2D eigenvalue weighted by Crippen LogP contribution is -2.43. The van der Waals surface area contributed by atoms with E-state index in [0.29, 0.717) is 19.6 Å². The van der Waals surface area contributed by atoms with Crippen LogP contribution in [0.3, 0.4) is 0 Å². The molecule has 0 saturated heterocycles. The Morgan fingerprint density at radius 3 is 2.31 bits per heavy atom. The van der Waals surface area contributed by atoms with E-state index in [2.05, 4.69) is 6.07 Å². The standard InChI is InChI=1S/C12H23N3O/c1-5-15(8-10(4)6-13)12(16)11(7-14)9(2)3/h9-11H,5,7-8,14H2,1-4H3. The van der Waals surface area contributed by atoms with Crippen molar-refractivity contribution in [1.29, 1.82) is 5.26 Å². The maximum absolute atomic E-state index is 12.1. The highest BCUT2D eigenvalue weighted by Crippen LogP contribution is 2.14. The Balaban J connectivity index is 4.58. The van der Waals surface area contributed by atoms with Crippen LogP contribution in [0.2, 0.25) is 0 Å². The number of carbonyl (C=O) groups excluding carboxylic acids is 1. The first-order valence-corrected chi connectivity index (χ1v) is 5.86. The molecule has 0 aromatic heterocycles. The number of nitriles is 1. The molecule has 0 aromatic carbocycles. The average molecular weight is 225 g/mol. The summed E-state index contributed by atoms with van der Waals surface area (Å²) in [6, 6.07) is 2.15. The average Bonchev–Trinajstić information content (AvgIpc) is 2.25. The molecule has 2 atom stereocenters. The van der Waals surface area contributed by atoms with E-state index in [1.54, 1.807) is 4.90 Å². The summed E-state index contributed by atoms with van der Waals surface area (Å²) < 4.78 is 0. The number of amides is 1. The number of rotatable bonds is 6. The van der Waals surface area contributed by atoms with Crippen LogP contribution in [0.15, 0.2) is 0 Å². The van der Waals surface area contributed by atoms with Crippen molar-refractivity contribution in [2.45, 2.75) is 27.7 Å². The maximum Gasteiger partial charge on any atom is 0.227 e. The fourth-order valence-electron chi connectivity index (χ4n) is 1.64. The van der Waals surface area contributed by atoms with Crippen LogP contribution < -0.4 is 5.73 Å². The van der Waals surface area contributed by atoms with E-state index in [1.165, 1.54) is 0 Å². The van der Waals surface area contributed by atoms with Gasteiger partial charge in [0.1, 0.15) is 0 Å². The largest absolute Gasteiger partial charge is 0.341 e. The van der Waals surface area contributed by atoms with Gasteiger partial charge in [-0.05, 0) is 19.8 Å². The van der Waals surface area contributed by atoms with Crippen molar-refractivity contribution in [3.05, 3.63) is 0 Å². The highest BCUT2D eigenvalue weighted by molar-refractivity contribution is 5.79. The maximum atomic E-state index is 12.1. The second-order valence-electron chi connectivity index (χ2n) is 4.49. The summed E-state index contributed by atoms with van der Waals surface area (Å²) in [7, 11) is 0. The lowest BCUT2D eigenvalue weighted by molar-refractivity contribution is -0.136. The summed E-state index contributed by atoms with van der Waals surface area (Å²) in [5.41, 5.74) is 5.62. The van der Waals surface area contributed by atoms with E-state index >= 15 is 0 Å². The molecule has 16 heavy (non-hydrogen) atoms. The fourth-order valence-corrected chi connectivity index (χ4v) is 1.64. The van der Waals surface area contributed by atoms with Crippen LogP contribution in [0.4, 0.5) is 0 Å². The summed E-state index contributed by atoms with van der Waals surface area (Å²) in [6.07, 6.45) is 0. The molecule has 0 aromatic rings. The minimum Gasteiger partial charge on any atom is -0.341 e. The van der Waals surface area contributed by atoms with Gasteiger partial charge in [-0.1, -0.05) is 13.8 Å². The van der Waals surface area contributed by atoms with E-state index < -0.39 is 0 Å². The molecule has 4 nitrogen and oxygen atoms in total. The smallest absolute Gasteiger partial charge is 0.227 e. The first-order chi connectivity index (χ1) is 7.47. The topological polar surface area (TPSA) is 70.1 Å². The lowest BCUT2D eigenvalue weighted by atomic mass is 9.94. The number of nitrogens with zero attached hydrogens (tertiary/aromatic N) is 2. The van der Waals surface area contributed by atoms with Crippen LogP contribution >= 0.6 is 0 Å². The van der Waals surface area contributed by atoms with E-state index in [-0.39, 0.29) is 23.7 Å². The fraction of sp³-hybridized carbons (Fsp3) is 0.833. The molecule has 0 radical (unpaired) electrons. The zero-order valence-electron chi connectivity index (χ0n) is 10.7. The van der Waals surface area contributed by atoms with Crippen molar-refractivity contribution in [3.8, 4) is 6.07 Å². The molecule has 0 bridgehead atoms. The molecule has 2 unspecified atom stereocenters. The Kier molecular flexibility index (Phi) is 6.75. The number of carbonyl (C=O) groups is 1. The van der Waals surface area contributed by atoms with Gasteiger partial charge in [0.05, 0.1) is 17.9 Å². The second-order valence-corrected chi connectivity index (χ2v) is 4.49. The molecule has 92 valence electrons. The lowest BCUT2D eigenvalue weighted by Gasteiger charge is -2.28. The van der Waals surface area contributed by atoms with Crippen LogP contribution in [0, 0.1) is 29.1 Å². The molecule has 0 aliphatic rings. The van der Waals surface area contributed by atoms with Gasteiger partial charge < -0.3 is 10.6 Å². The monoisotopic (exact) mass is 225 g/mol. The predicted molar refractivity (Wildman–Crippen MR) is 64.4 cm³/mol. The number of hydrogen-bond acceptors (Lipinski definition) is 3. The van der Waals surface area contributed by atoms with Gasteiger partial charge in [-0.3, -0.25) is 4.79 Å². The molecule has 4 heteroatoms. The molecule has 0 saturated carbocycles. The van der Waals surface area contributed by atoms with Gasteiger partial charge in [-0.25, -0.2) is 0 Å². The molecule has 0 aliphatic carbocycles. The van der Waals surface area contributed by atoms with E-state index in [0.717, 1.165) is 0 Å². The van der Waals surface area contributed by atoms with Crippen molar-refractivity contribution in [1.82, 2.24) is 4.90 Å². The quantitative estimate of drug-likeness (QED) is 0.739. The highest BCUT2D eigenvalue weighted by atomic mass is 16.2. The summed E-state index contributed by atoms with van der Waals surface area (Å²) >= 11 is 0. The third kappa shape index (κ3) is 4.19. The molecular weight excluding hydrogens is 202 g/mol. The highest BCUT2D eigenvalue weighted by Gasteiger charge is 2.25. The van der Waals surface area contributed by atoms with Crippen LogP contribution in [-0.4, -0.2) is 30.4 Å². The first-order valence-electron chi connectivity index (χ1n) is 5.86. The van der Waals surface area contributed by atoms with Gasteiger partial charge in [0, 0.05) is 19.6 Å². The van der Waals surface area contributed by atoms with Gasteiger partial charge in [0.15, 0.2) is 0 Å². The van der Waals surface area contributed by atoms with Crippen molar-refractivity contribution < 1.29 is 4.79 Å². The second kappa shape index (κ2) is 7.24. The normalized spacial score (nSPS) is 14.3. The third-order valence-corrected chi connectivity index (χ3v) is 2.78. The zero-order valence-corrected chi connectivity index (χ0v) is 10.7. The van der Waals surface area contributed by atoms with Crippen LogP contribution in [0.25, 0.3) is 0 Å². The number of nitrogens with two attached hydrogens (primary N) is 1. The Hall–Kier alpha value is -1.08. The minimum absolute atomic E-state index is 0.0714. The molecule has 1 amide bonds. The Morgan fingerprint density at radius 1 is 1.44 bits per heavy atom. The van der Waals surface area contributed by atoms with Crippen LogP contribution in [0.5, 0.6) is 0 Å². The SMILES string of the molecule is CCN(CC(C)C#N)C(=O)C(CN)C(C)C. The summed E-state index contributed by atoms with van der Waals surface area (Å²) in [5.74, 6) is 0.0476. The molecule has 0 spiro atoms.